The Morgan fingerprint density at radius 2 is 1.32 bits per heavy atom. The van der Waals surface area contributed by atoms with Gasteiger partial charge in [-0.1, -0.05) is 0 Å². The number of nitrogens with one attached hydrogen (secondary N) is 2. The molecule has 0 spiro atoms. The van der Waals surface area contributed by atoms with Crippen molar-refractivity contribution in [1.82, 2.24) is 0 Å². The van der Waals surface area contributed by atoms with E-state index in [1.807, 2.05) is 0 Å². The lowest BCUT2D eigenvalue weighted by molar-refractivity contribution is -0.0563. The molecule has 31 heavy (non-hydrogen) atoms. The fourth-order valence-electron chi connectivity index (χ4n) is 1.87. The second-order valence-electron chi connectivity index (χ2n) is 5.58. The third kappa shape index (κ3) is 6.92. The van der Waals surface area contributed by atoms with Crippen LogP contribution in [0.2, 0.25) is 0 Å². The van der Waals surface area contributed by atoms with E-state index in [0.29, 0.717) is 0 Å². The highest BCUT2D eigenvalue weighted by atomic mass is 32.2. The van der Waals surface area contributed by atoms with Gasteiger partial charge in [0.05, 0.1) is 0 Å². The summed E-state index contributed by atoms with van der Waals surface area (Å²) >= 11 is -0.346. The Morgan fingerprint density at radius 3 is 1.74 bits per heavy atom. The minimum Gasteiger partial charge on any atom is -0.376 e. The van der Waals surface area contributed by atoms with Crippen LogP contribution < -0.4 is 14.8 Å². The molecule has 2 N–H and O–H groups in total. The highest BCUT2D eigenvalue weighted by Gasteiger charge is 2.48. The fraction of sp³-hybridized carbons (Fsp3) is 0.188. The molecule has 2 aromatic rings. The Kier molecular flexibility index (Phi) is 7.31. The van der Waals surface area contributed by atoms with Gasteiger partial charge in [-0.15, -0.1) is 0 Å². The first kappa shape index (κ1) is 24.6. The Labute approximate surface area is 174 Å². The summed E-state index contributed by atoms with van der Waals surface area (Å²) in [5.41, 5.74) is -5.43. The van der Waals surface area contributed by atoms with E-state index in [9.17, 15) is 43.9 Å². The van der Waals surface area contributed by atoms with Gasteiger partial charge in [0.2, 0.25) is 0 Å². The maximum Gasteiger partial charge on any atom is 0.534 e. The van der Waals surface area contributed by atoms with E-state index in [1.165, 1.54) is 12.1 Å². The number of carbonyl (C=O) groups excluding carboxylic acids is 1. The molecule has 0 aliphatic carbocycles. The maximum absolute atomic E-state index is 13.0. The maximum atomic E-state index is 13.0. The SMILES string of the molecule is O=C(Nc1ccc(OS(=O)(=O)C(F)(F)F)cc1)Nc1ccc(SC(F)(F)C(F)F)cc1. The van der Waals surface area contributed by atoms with Gasteiger partial charge in [-0.3, -0.25) is 0 Å². The summed E-state index contributed by atoms with van der Waals surface area (Å²) in [6, 6.07) is 7.57. The number of anilines is 2. The summed E-state index contributed by atoms with van der Waals surface area (Å²) < 4.78 is 113. The quantitative estimate of drug-likeness (QED) is 0.231. The van der Waals surface area contributed by atoms with Crippen LogP contribution in [-0.4, -0.2) is 31.6 Å². The van der Waals surface area contributed by atoms with Gasteiger partial charge in [0.1, 0.15) is 5.75 Å². The molecular weight excluding hydrogens is 481 g/mol. The molecule has 170 valence electrons. The van der Waals surface area contributed by atoms with Crippen LogP contribution in [0, 0.1) is 0 Å². The molecule has 0 aromatic heterocycles. The van der Waals surface area contributed by atoms with E-state index in [0.717, 1.165) is 36.4 Å². The molecule has 2 rings (SSSR count). The topological polar surface area (TPSA) is 84.5 Å². The van der Waals surface area contributed by atoms with E-state index in [2.05, 4.69) is 14.8 Å². The Hall–Kier alpha value is -2.68. The first-order valence-corrected chi connectivity index (χ1v) is 10.1. The van der Waals surface area contributed by atoms with Crippen molar-refractivity contribution in [2.45, 2.75) is 22.1 Å². The van der Waals surface area contributed by atoms with Crippen LogP contribution in [-0.2, 0) is 10.1 Å². The summed E-state index contributed by atoms with van der Waals surface area (Å²) in [7, 11) is -5.84. The van der Waals surface area contributed by atoms with Crippen LogP contribution in [0.3, 0.4) is 0 Å². The van der Waals surface area contributed by atoms with Crippen molar-refractivity contribution in [3.05, 3.63) is 48.5 Å². The number of amides is 2. The summed E-state index contributed by atoms with van der Waals surface area (Å²) in [5.74, 6) is -0.642. The molecule has 0 aliphatic rings. The predicted octanol–water partition coefficient (Wildman–Crippen LogP) is 5.51. The van der Waals surface area contributed by atoms with Gasteiger partial charge in [-0.25, -0.2) is 13.6 Å². The van der Waals surface area contributed by atoms with Gasteiger partial charge in [0.15, 0.2) is 0 Å². The lowest BCUT2D eigenvalue weighted by atomic mass is 10.3. The standard InChI is InChI=1S/C16H11F7N2O4S2/c17-13(18)15(19,20)30-12-7-3-10(4-8-12)25-14(26)24-9-1-5-11(6-2-9)29-31(27,28)16(21,22)23/h1-8,13H,(H2,24,25,26). The molecule has 0 heterocycles. The van der Waals surface area contributed by atoms with Crippen LogP contribution in [0.4, 0.5) is 46.9 Å². The van der Waals surface area contributed by atoms with Crippen molar-refractivity contribution in [3.63, 3.8) is 0 Å². The third-order valence-corrected chi connectivity index (χ3v) is 5.16. The third-order valence-electron chi connectivity index (χ3n) is 3.22. The normalized spacial score (nSPS) is 12.5. The summed E-state index contributed by atoms with van der Waals surface area (Å²) in [6.45, 7) is 0. The lowest BCUT2D eigenvalue weighted by Gasteiger charge is -2.14. The average Bonchev–Trinajstić information content (AvgIpc) is 2.63. The van der Waals surface area contributed by atoms with Crippen molar-refractivity contribution in [3.8, 4) is 5.75 Å². The zero-order valence-electron chi connectivity index (χ0n) is 14.8. The Morgan fingerprint density at radius 1 is 0.871 bits per heavy atom. The number of carbonyl (C=O) groups is 1. The van der Waals surface area contributed by atoms with Gasteiger partial charge >= 0.3 is 33.3 Å². The van der Waals surface area contributed by atoms with Crippen molar-refractivity contribution >= 4 is 39.3 Å². The van der Waals surface area contributed by atoms with E-state index in [1.54, 1.807) is 0 Å². The summed E-state index contributed by atoms with van der Waals surface area (Å²) in [6.07, 6.45) is -3.86. The summed E-state index contributed by atoms with van der Waals surface area (Å²) in [5, 5.41) is 0.306. The van der Waals surface area contributed by atoms with Crippen LogP contribution >= 0.6 is 11.8 Å². The van der Waals surface area contributed by atoms with Gasteiger partial charge < -0.3 is 14.8 Å². The zero-order valence-corrected chi connectivity index (χ0v) is 16.4. The van der Waals surface area contributed by atoms with Crippen molar-refractivity contribution in [2.75, 3.05) is 10.6 Å². The second kappa shape index (κ2) is 9.21. The second-order valence-corrected chi connectivity index (χ2v) is 8.33. The van der Waals surface area contributed by atoms with E-state index < -0.39 is 39.1 Å². The molecule has 15 heteroatoms. The number of hydrogen-bond acceptors (Lipinski definition) is 5. The number of alkyl halides is 7. The molecule has 0 saturated carbocycles. The van der Waals surface area contributed by atoms with Crippen LogP contribution in [0.25, 0.3) is 0 Å². The molecule has 0 aliphatic heterocycles. The largest absolute Gasteiger partial charge is 0.534 e. The number of halogens is 7. The van der Waals surface area contributed by atoms with E-state index in [-0.39, 0.29) is 28.0 Å². The molecule has 0 unspecified atom stereocenters. The van der Waals surface area contributed by atoms with Crippen LogP contribution in [0.5, 0.6) is 5.75 Å². The molecule has 6 nitrogen and oxygen atoms in total. The molecule has 0 atom stereocenters. The molecule has 0 radical (unpaired) electrons. The fourth-order valence-corrected chi connectivity index (χ4v) is 3.00. The van der Waals surface area contributed by atoms with Gasteiger partial charge in [0, 0.05) is 16.3 Å². The predicted molar refractivity (Wildman–Crippen MR) is 97.9 cm³/mol. The number of hydrogen-bond donors (Lipinski definition) is 2. The Balaban J connectivity index is 1.94. The smallest absolute Gasteiger partial charge is 0.376 e. The monoisotopic (exact) mass is 492 g/mol. The number of urea groups is 1. The van der Waals surface area contributed by atoms with Crippen molar-refractivity contribution in [2.24, 2.45) is 0 Å². The Bertz CT molecular complexity index is 1010. The minimum atomic E-state index is -5.84. The van der Waals surface area contributed by atoms with Crippen molar-refractivity contribution < 1.29 is 48.1 Å². The molecule has 0 saturated heterocycles. The highest BCUT2D eigenvalue weighted by molar-refractivity contribution is 8.00. The van der Waals surface area contributed by atoms with Crippen LogP contribution in [0.15, 0.2) is 53.4 Å². The first-order valence-electron chi connectivity index (χ1n) is 7.83. The van der Waals surface area contributed by atoms with E-state index >= 15 is 0 Å². The minimum absolute atomic E-state index is 0.0537. The lowest BCUT2D eigenvalue weighted by Crippen LogP contribution is -2.28. The molecule has 2 aromatic carbocycles. The van der Waals surface area contributed by atoms with Crippen LogP contribution in [0.1, 0.15) is 0 Å². The highest BCUT2D eigenvalue weighted by Crippen LogP contribution is 2.40. The number of benzene rings is 2. The van der Waals surface area contributed by atoms with Gasteiger partial charge in [0.25, 0.3) is 0 Å². The van der Waals surface area contributed by atoms with Gasteiger partial charge in [-0.05, 0) is 60.3 Å². The molecule has 0 bridgehead atoms. The number of rotatable bonds is 7. The van der Waals surface area contributed by atoms with Crippen molar-refractivity contribution in [1.29, 1.82) is 0 Å². The number of thioether (sulfide) groups is 1. The molecular formula is C16H11F7N2O4S2. The van der Waals surface area contributed by atoms with E-state index in [4.69, 9.17) is 0 Å². The van der Waals surface area contributed by atoms with Gasteiger partial charge in [-0.2, -0.15) is 30.4 Å². The average molecular weight is 492 g/mol. The molecule has 2 amide bonds. The zero-order chi connectivity index (χ0) is 23.4. The summed E-state index contributed by atoms with van der Waals surface area (Å²) in [4.78, 5) is 11.7. The molecule has 0 fully saturated rings. The first-order chi connectivity index (χ1) is 14.2.